The van der Waals surface area contributed by atoms with Crippen molar-refractivity contribution in [1.82, 2.24) is 4.72 Å². The molecular weight excluding hydrogens is 466 g/mol. The normalized spacial score (nSPS) is 26.0. The maximum Gasteiger partial charge on any atom is 0.241 e. The van der Waals surface area contributed by atoms with E-state index in [9.17, 15) is 8.42 Å². The summed E-state index contributed by atoms with van der Waals surface area (Å²) >= 11 is 0. The smallest absolute Gasteiger partial charge is 0.241 e. The monoisotopic (exact) mass is 505 g/mol. The molecule has 2 aliphatic rings. The van der Waals surface area contributed by atoms with E-state index in [0.717, 1.165) is 37.5 Å². The van der Waals surface area contributed by atoms with Gasteiger partial charge in [0.25, 0.3) is 0 Å². The summed E-state index contributed by atoms with van der Waals surface area (Å²) < 4.78 is 35.8. The van der Waals surface area contributed by atoms with Crippen LogP contribution in [0.15, 0.2) is 59.5 Å². The highest BCUT2D eigenvalue weighted by molar-refractivity contribution is 7.89. The van der Waals surface area contributed by atoms with Gasteiger partial charge in [0.1, 0.15) is 5.75 Å². The number of benzene rings is 3. The summed E-state index contributed by atoms with van der Waals surface area (Å²) in [6.07, 6.45) is 5.49. The highest BCUT2D eigenvalue weighted by Crippen LogP contribution is 2.57. The number of rotatable bonds is 6. The molecule has 0 heterocycles. The van der Waals surface area contributed by atoms with Gasteiger partial charge in [-0.2, -0.15) is 0 Å². The fourth-order valence-electron chi connectivity index (χ4n) is 7.17. The minimum Gasteiger partial charge on any atom is -0.496 e. The van der Waals surface area contributed by atoms with E-state index in [1.807, 2.05) is 24.3 Å². The van der Waals surface area contributed by atoms with Gasteiger partial charge >= 0.3 is 0 Å². The van der Waals surface area contributed by atoms with Gasteiger partial charge in [-0.05, 0) is 77.2 Å². The van der Waals surface area contributed by atoms with Crippen LogP contribution in [-0.2, 0) is 21.9 Å². The summed E-state index contributed by atoms with van der Waals surface area (Å²) in [4.78, 5) is 0.316. The van der Waals surface area contributed by atoms with Gasteiger partial charge in [0.15, 0.2) is 0 Å². The van der Waals surface area contributed by atoms with Crippen LogP contribution in [0, 0.1) is 11.3 Å². The average molecular weight is 506 g/mol. The molecule has 4 nitrogen and oxygen atoms in total. The summed E-state index contributed by atoms with van der Waals surface area (Å²) in [5, 5.41) is 1.50. The lowest BCUT2D eigenvalue weighted by Crippen LogP contribution is -2.53. The van der Waals surface area contributed by atoms with E-state index in [1.165, 1.54) is 16.7 Å². The Morgan fingerprint density at radius 3 is 2.50 bits per heavy atom. The number of aryl methyl sites for hydroxylation is 1. The standard InChI is InChI=1S/C31H39NO3S/c1-21(2)23-12-11-22-13-16-29-30(3,17-8-18-31(29,4)26(22)19-23)20-32-36(33,34)28-15-14-27(35-5)24-9-6-7-10-25(24)28/h6-7,9-12,14-15,19,21,29,32H,8,13,16-18,20H2,1-5H3. The molecule has 0 aromatic heterocycles. The molecule has 1 fully saturated rings. The van der Waals surface area contributed by atoms with Crippen molar-refractivity contribution in [2.45, 2.75) is 76.0 Å². The summed E-state index contributed by atoms with van der Waals surface area (Å²) in [5.74, 6) is 1.62. The van der Waals surface area contributed by atoms with E-state index >= 15 is 0 Å². The van der Waals surface area contributed by atoms with E-state index in [1.54, 1.807) is 19.2 Å². The van der Waals surface area contributed by atoms with Gasteiger partial charge in [0.05, 0.1) is 12.0 Å². The molecule has 0 bridgehead atoms. The third-order valence-corrected chi connectivity index (χ3v) is 10.7. The Morgan fingerprint density at radius 1 is 1.03 bits per heavy atom. The maximum absolute atomic E-state index is 13.6. The lowest BCUT2D eigenvalue weighted by molar-refractivity contribution is 0.0298. The number of ether oxygens (including phenoxy) is 1. The number of sulfonamides is 1. The van der Waals surface area contributed by atoms with Gasteiger partial charge in [-0.3, -0.25) is 0 Å². The highest BCUT2D eigenvalue weighted by Gasteiger charge is 2.51. The minimum atomic E-state index is -3.69. The van der Waals surface area contributed by atoms with Crippen molar-refractivity contribution < 1.29 is 13.2 Å². The van der Waals surface area contributed by atoms with Gasteiger partial charge in [-0.1, -0.05) is 76.6 Å². The van der Waals surface area contributed by atoms with Crippen molar-refractivity contribution in [1.29, 1.82) is 0 Å². The summed E-state index contributed by atoms with van der Waals surface area (Å²) in [7, 11) is -2.08. The van der Waals surface area contributed by atoms with Gasteiger partial charge in [-0.15, -0.1) is 0 Å². The van der Waals surface area contributed by atoms with Gasteiger partial charge in [-0.25, -0.2) is 13.1 Å². The second-order valence-corrected chi connectivity index (χ2v) is 13.5. The van der Waals surface area contributed by atoms with E-state index in [2.05, 4.69) is 50.6 Å². The van der Waals surface area contributed by atoms with E-state index in [4.69, 9.17) is 4.74 Å². The van der Waals surface area contributed by atoms with Crippen LogP contribution in [-0.4, -0.2) is 22.1 Å². The average Bonchev–Trinajstić information content (AvgIpc) is 2.86. The zero-order chi connectivity index (χ0) is 25.7. The van der Waals surface area contributed by atoms with Crippen molar-refractivity contribution in [3.8, 4) is 5.75 Å². The number of methoxy groups -OCH3 is 1. The fraction of sp³-hybridized carbons (Fsp3) is 0.484. The Bertz CT molecular complexity index is 1400. The first-order valence-electron chi connectivity index (χ1n) is 13.3. The number of nitrogens with one attached hydrogen (secondary N) is 1. The molecule has 3 aromatic carbocycles. The third-order valence-electron chi connectivity index (χ3n) is 9.19. The van der Waals surface area contributed by atoms with E-state index in [0.29, 0.717) is 34.4 Å². The SMILES string of the molecule is COc1ccc(S(=O)(=O)NCC2(C)CCCC3(C)c4cc(C(C)C)ccc4CCC23)c2ccccc12. The minimum absolute atomic E-state index is 0.0732. The molecule has 0 amide bonds. The first kappa shape index (κ1) is 25.3. The quantitative estimate of drug-likeness (QED) is 0.394. The van der Waals surface area contributed by atoms with Crippen LogP contribution in [0.4, 0.5) is 0 Å². The highest BCUT2D eigenvalue weighted by atomic mass is 32.2. The lowest BCUT2D eigenvalue weighted by atomic mass is 9.49. The predicted octanol–water partition coefficient (Wildman–Crippen LogP) is 6.96. The molecule has 192 valence electrons. The van der Waals surface area contributed by atoms with Crippen molar-refractivity contribution >= 4 is 20.8 Å². The third kappa shape index (κ3) is 4.14. The van der Waals surface area contributed by atoms with Crippen molar-refractivity contribution in [2.75, 3.05) is 13.7 Å². The molecule has 2 aliphatic carbocycles. The summed E-state index contributed by atoms with van der Waals surface area (Å²) in [6.45, 7) is 9.71. The predicted molar refractivity (Wildman–Crippen MR) is 147 cm³/mol. The van der Waals surface area contributed by atoms with Crippen LogP contribution >= 0.6 is 0 Å². The van der Waals surface area contributed by atoms with Gasteiger partial charge < -0.3 is 4.74 Å². The zero-order valence-corrected chi connectivity index (χ0v) is 23.0. The summed E-state index contributed by atoms with van der Waals surface area (Å²) in [6, 6.07) is 18.1. The van der Waals surface area contributed by atoms with Crippen molar-refractivity contribution in [3.63, 3.8) is 0 Å². The molecule has 5 heteroatoms. The topological polar surface area (TPSA) is 55.4 Å². The van der Waals surface area contributed by atoms with Crippen LogP contribution in [0.5, 0.6) is 5.75 Å². The second kappa shape index (κ2) is 9.18. The van der Waals surface area contributed by atoms with Gasteiger partial charge in [0, 0.05) is 17.3 Å². The fourth-order valence-corrected chi connectivity index (χ4v) is 8.56. The molecule has 5 rings (SSSR count). The van der Waals surface area contributed by atoms with Crippen LogP contribution < -0.4 is 9.46 Å². The lowest BCUT2D eigenvalue weighted by Gasteiger charge is -2.55. The Kier molecular flexibility index (Phi) is 6.45. The molecule has 0 saturated heterocycles. The molecule has 3 unspecified atom stereocenters. The Hall–Kier alpha value is -2.37. The van der Waals surface area contributed by atoms with Crippen molar-refractivity contribution in [3.05, 3.63) is 71.3 Å². The van der Waals surface area contributed by atoms with E-state index < -0.39 is 10.0 Å². The Labute approximate surface area is 216 Å². The van der Waals surface area contributed by atoms with Crippen LogP contribution in [0.2, 0.25) is 0 Å². The molecule has 3 atom stereocenters. The number of hydrogen-bond acceptors (Lipinski definition) is 3. The molecule has 0 aliphatic heterocycles. The molecule has 3 aromatic rings. The first-order valence-corrected chi connectivity index (χ1v) is 14.8. The van der Waals surface area contributed by atoms with Gasteiger partial charge in [0.2, 0.25) is 10.0 Å². The van der Waals surface area contributed by atoms with Crippen molar-refractivity contribution in [2.24, 2.45) is 11.3 Å². The molecule has 1 saturated carbocycles. The zero-order valence-electron chi connectivity index (χ0n) is 22.2. The number of fused-ring (bicyclic) bond motifs is 4. The molecule has 1 N–H and O–H groups in total. The van der Waals surface area contributed by atoms with Crippen LogP contribution in [0.3, 0.4) is 0 Å². The largest absolute Gasteiger partial charge is 0.496 e. The first-order chi connectivity index (χ1) is 17.1. The molecule has 0 radical (unpaired) electrons. The van der Waals surface area contributed by atoms with Crippen LogP contribution in [0.1, 0.15) is 76.0 Å². The molecular formula is C31H39NO3S. The van der Waals surface area contributed by atoms with Crippen LogP contribution in [0.25, 0.3) is 10.8 Å². The molecule has 0 spiro atoms. The maximum atomic E-state index is 13.6. The Balaban J connectivity index is 1.46. The Morgan fingerprint density at radius 2 is 1.78 bits per heavy atom. The summed E-state index contributed by atoms with van der Waals surface area (Å²) in [5.41, 5.74) is 4.35. The number of hydrogen-bond donors (Lipinski definition) is 1. The van der Waals surface area contributed by atoms with E-state index in [-0.39, 0.29) is 10.8 Å². The molecule has 36 heavy (non-hydrogen) atoms. The second-order valence-electron chi connectivity index (χ2n) is 11.7.